The molecule has 0 unspecified atom stereocenters. The Bertz CT molecular complexity index is 2220. The van der Waals surface area contributed by atoms with Gasteiger partial charge < -0.3 is 44.3 Å². The van der Waals surface area contributed by atoms with Crippen molar-refractivity contribution in [1.82, 2.24) is 40.4 Å². The minimum atomic E-state index is -0.743. The Balaban J connectivity index is 1.13. The SMILES string of the molecule is COC(=O)N[C@H](C(=O)N1CCC[C@H]1c1ncc(-c2ccc3oc4ccc(-c5cnc([C@@H]6CCCN6C(=O)[C@@H](NC(=O)OC)C(C)C)[nH]5)cc4c(=O)c3c2)[nH]1)C(C)C. The van der Waals surface area contributed by atoms with Crippen LogP contribution in [0.5, 0.6) is 0 Å². The Morgan fingerprint density at radius 2 is 1.14 bits per heavy atom. The third kappa shape index (κ3) is 7.67. The van der Waals surface area contributed by atoms with E-state index in [0.29, 0.717) is 70.9 Å². The predicted octanol–water partition coefficient (Wildman–Crippen LogP) is 5.81. The summed E-state index contributed by atoms with van der Waals surface area (Å²) < 4.78 is 15.7. The first-order chi connectivity index (χ1) is 27.4. The lowest BCUT2D eigenvalue weighted by Crippen LogP contribution is -2.51. The Labute approximate surface area is 328 Å². The van der Waals surface area contributed by atoms with Gasteiger partial charge in [0.05, 0.1) is 60.9 Å². The highest BCUT2D eigenvalue weighted by Gasteiger charge is 2.39. The highest BCUT2D eigenvalue weighted by molar-refractivity contribution is 5.93. The molecule has 0 radical (unpaired) electrons. The molecule has 3 aromatic heterocycles. The third-order valence-electron chi connectivity index (χ3n) is 11.0. The molecule has 4 N–H and O–H groups in total. The van der Waals surface area contributed by atoms with Gasteiger partial charge in [0.15, 0.2) is 0 Å². The Hall–Kier alpha value is -6.19. The summed E-state index contributed by atoms with van der Waals surface area (Å²) in [5.41, 5.74) is 3.47. The summed E-state index contributed by atoms with van der Waals surface area (Å²) in [6.07, 6.45) is 5.05. The number of carbonyl (C=O) groups is 4. The number of H-pyrrole nitrogens is 2. The fourth-order valence-electron chi connectivity index (χ4n) is 7.88. The molecule has 2 aliphatic heterocycles. The quantitative estimate of drug-likeness (QED) is 0.125. The van der Waals surface area contributed by atoms with Crippen LogP contribution in [0.15, 0.2) is 58.0 Å². The van der Waals surface area contributed by atoms with Crippen molar-refractivity contribution in [2.45, 2.75) is 77.5 Å². The zero-order valence-electron chi connectivity index (χ0n) is 32.9. The molecule has 4 atom stereocenters. The molecule has 16 heteroatoms. The van der Waals surface area contributed by atoms with Crippen molar-refractivity contribution in [2.75, 3.05) is 27.3 Å². The van der Waals surface area contributed by atoms with Crippen LogP contribution in [-0.2, 0) is 19.1 Å². The minimum Gasteiger partial charge on any atom is -0.456 e. The standard InChI is InChI=1S/C41H48N8O8/c1-21(2)33(46-40(53)55-5)38(51)48-15-7-9-29(48)36-42-19-27(44-36)23-11-13-31-25(17-23)35(50)26-18-24(12-14-32(26)57-31)28-20-43-37(45-28)30-10-8-16-49(30)39(52)34(22(3)4)47-41(54)56-6/h11-14,17-22,29-30,33-34H,7-10,15-16H2,1-6H3,(H,42,44)(H,43,45)(H,46,53)(H,47,54)/t29-,30-,33-,34-/m0/s1. The first kappa shape index (κ1) is 39.1. The zero-order chi connectivity index (χ0) is 40.5. The van der Waals surface area contributed by atoms with Gasteiger partial charge in [-0.05, 0) is 73.9 Å². The van der Waals surface area contributed by atoms with Crippen LogP contribution in [0.1, 0.15) is 77.1 Å². The number of fused-ring (bicyclic) bond motifs is 2. The molecule has 57 heavy (non-hydrogen) atoms. The molecule has 300 valence electrons. The number of likely N-dealkylation sites (tertiary alicyclic amines) is 2. The molecule has 16 nitrogen and oxygen atoms in total. The number of nitrogens with one attached hydrogen (secondary N) is 4. The molecule has 2 fully saturated rings. The largest absolute Gasteiger partial charge is 0.456 e. The van der Waals surface area contributed by atoms with Crippen LogP contribution < -0.4 is 16.1 Å². The Morgan fingerprint density at radius 1 is 0.719 bits per heavy atom. The van der Waals surface area contributed by atoms with E-state index < -0.39 is 24.3 Å². The monoisotopic (exact) mass is 780 g/mol. The topological polar surface area (TPSA) is 205 Å². The van der Waals surface area contributed by atoms with Crippen molar-refractivity contribution in [1.29, 1.82) is 0 Å². The van der Waals surface area contributed by atoms with Gasteiger partial charge in [0.2, 0.25) is 17.2 Å². The van der Waals surface area contributed by atoms with E-state index in [-0.39, 0.29) is 41.2 Å². The summed E-state index contributed by atoms with van der Waals surface area (Å²) in [6, 6.07) is 8.68. The fraction of sp³-hybridized carbons (Fsp3) is 0.439. The van der Waals surface area contributed by atoms with E-state index >= 15 is 0 Å². The van der Waals surface area contributed by atoms with E-state index in [4.69, 9.17) is 13.9 Å². The molecular weight excluding hydrogens is 732 g/mol. The molecule has 7 rings (SSSR count). The molecule has 5 aromatic rings. The van der Waals surface area contributed by atoms with Crippen LogP contribution in [0, 0.1) is 11.8 Å². The predicted molar refractivity (Wildman–Crippen MR) is 211 cm³/mol. The average Bonchev–Trinajstić information content (AvgIpc) is 4.05. The number of alkyl carbamates (subject to hydrolysis) is 2. The number of methoxy groups -OCH3 is 2. The molecular formula is C41H48N8O8. The molecule has 5 heterocycles. The summed E-state index contributed by atoms with van der Waals surface area (Å²) in [6.45, 7) is 8.55. The van der Waals surface area contributed by atoms with Crippen molar-refractivity contribution in [3.05, 3.63) is 70.7 Å². The first-order valence-electron chi connectivity index (χ1n) is 19.3. The summed E-state index contributed by atoms with van der Waals surface area (Å²) in [5, 5.41) is 6.13. The number of hydrogen-bond acceptors (Lipinski definition) is 10. The molecule has 0 aliphatic carbocycles. The van der Waals surface area contributed by atoms with Crippen molar-refractivity contribution >= 4 is 45.9 Å². The maximum absolute atomic E-state index is 14.1. The number of rotatable bonds is 10. The van der Waals surface area contributed by atoms with E-state index in [0.717, 1.165) is 24.0 Å². The van der Waals surface area contributed by atoms with Gasteiger partial charge in [-0.25, -0.2) is 19.6 Å². The molecule has 2 aromatic carbocycles. The Kier molecular flexibility index (Phi) is 11.0. The first-order valence-corrected chi connectivity index (χ1v) is 19.3. The van der Waals surface area contributed by atoms with Crippen molar-refractivity contribution in [3.8, 4) is 22.5 Å². The van der Waals surface area contributed by atoms with Crippen LogP contribution in [0.2, 0.25) is 0 Å². The van der Waals surface area contributed by atoms with E-state index in [2.05, 4.69) is 30.6 Å². The molecule has 0 spiro atoms. The normalized spacial score (nSPS) is 18.0. The van der Waals surface area contributed by atoms with E-state index in [1.807, 2.05) is 39.8 Å². The molecule has 4 amide bonds. The van der Waals surface area contributed by atoms with Gasteiger partial charge in [0, 0.05) is 24.2 Å². The van der Waals surface area contributed by atoms with E-state index in [1.165, 1.54) is 14.2 Å². The fourth-order valence-corrected chi connectivity index (χ4v) is 7.88. The van der Waals surface area contributed by atoms with Crippen molar-refractivity contribution in [2.24, 2.45) is 11.8 Å². The second-order valence-corrected chi connectivity index (χ2v) is 15.3. The maximum atomic E-state index is 14.1. The number of hydrogen-bond donors (Lipinski definition) is 4. The summed E-state index contributed by atoms with van der Waals surface area (Å²) in [4.78, 5) is 84.8. The Morgan fingerprint density at radius 3 is 1.53 bits per heavy atom. The smallest absolute Gasteiger partial charge is 0.407 e. The van der Waals surface area contributed by atoms with Crippen LogP contribution in [-0.4, -0.2) is 93.1 Å². The lowest BCUT2D eigenvalue weighted by Gasteiger charge is -2.30. The van der Waals surface area contributed by atoms with E-state index in [1.54, 1.807) is 46.5 Å². The number of amides is 4. The van der Waals surface area contributed by atoms with Gasteiger partial charge in [0.25, 0.3) is 0 Å². The van der Waals surface area contributed by atoms with Gasteiger partial charge in [-0.15, -0.1) is 0 Å². The molecule has 2 aliphatic rings. The average molecular weight is 781 g/mol. The number of imidazole rings is 2. The van der Waals surface area contributed by atoms with Gasteiger partial charge >= 0.3 is 12.2 Å². The highest BCUT2D eigenvalue weighted by Crippen LogP contribution is 2.35. The highest BCUT2D eigenvalue weighted by atomic mass is 16.5. The number of aromatic amines is 2. The lowest BCUT2D eigenvalue weighted by atomic mass is 10.0. The summed E-state index contributed by atoms with van der Waals surface area (Å²) in [5.74, 6) is 0.539. The summed E-state index contributed by atoms with van der Waals surface area (Å²) >= 11 is 0. The number of aromatic nitrogens is 4. The van der Waals surface area contributed by atoms with Crippen molar-refractivity contribution < 1.29 is 33.1 Å². The minimum absolute atomic E-state index is 0.152. The number of nitrogens with zero attached hydrogens (tertiary/aromatic N) is 4. The zero-order valence-corrected chi connectivity index (χ0v) is 32.9. The van der Waals surface area contributed by atoms with Gasteiger partial charge in [0.1, 0.15) is 34.9 Å². The lowest BCUT2D eigenvalue weighted by molar-refractivity contribution is -0.136. The van der Waals surface area contributed by atoms with Gasteiger partial charge in [-0.1, -0.05) is 27.7 Å². The van der Waals surface area contributed by atoms with Crippen molar-refractivity contribution in [3.63, 3.8) is 0 Å². The van der Waals surface area contributed by atoms with E-state index in [9.17, 15) is 24.0 Å². The third-order valence-corrected chi connectivity index (χ3v) is 11.0. The second kappa shape index (κ2) is 16.1. The molecule has 0 saturated carbocycles. The van der Waals surface area contributed by atoms with Crippen LogP contribution in [0.4, 0.5) is 9.59 Å². The summed E-state index contributed by atoms with van der Waals surface area (Å²) in [7, 11) is 2.53. The van der Waals surface area contributed by atoms with Crippen LogP contribution in [0.3, 0.4) is 0 Å². The number of benzene rings is 2. The second-order valence-electron chi connectivity index (χ2n) is 15.3. The number of carbonyl (C=O) groups excluding carboxylic acids is 4. The molecule has 2 saturated heterocycles. The maximum Gasteiger partial charge on any atom is 0.407 e. The van der Waals surface area contributed by atoms with Crippen LogP contribution in [0.25, 0.3) is 44.5 Å². The molecule has 0 bridgehead atoms. The van der Waals surface area contributed by atoms with Gasteiger partial charge in [-0.2, -0.15) is 0 Å². The number of ether oxygens (including phenoxy) is 2. The van der Waals surface area contributed by atoms with Crippen LogP contribution >= 0.6 is 0 Å². The van der Waals surface area contributed by atoms with Gasteiger partial charge in [-0.3, -0.25) is 14.4 Å².